The lowest BCUT2D eigenvalue weighted by atomic mass is 10.0. The van der Waals surface area contributed by atoms with Crippen molar-refractivity contribution in [3.8, 4) is 5.75 Å². The molecule has 0 aliphatic carbocycles. The van der Waals surface area contributed by atoms with Gasteiger partial charge in [0.05, 0.1) is 19.8 Å². The number of benzene rings is 1. The van der Waals surface area contributed by atoms with Crippen LogP contribution in [0.4, 0.5) is 0 Å². The Morgan fingerprint density at radius 3 is 2.57 bits per heavy atom. The smallest absolute Gasteiger partial charge is 0.246 e. The summed E-state index contributed by atoms with van der Waals surface area (Å²) >= 11 is 0. The molecule has 2 rings (SSSR count). The number of unbranched alkanes of at least 4 members (excludes halogenated alkanes) is 1. The van der Waals surface area contributed by atoms with E-state index in [1.54, 1.807) is 12.1 Å². The van der Waals surface area contributed by atoms with Crippen molar-refractivity contribution in [3.05, 3.63) is 23.8 Å². The van der Waals surface area contributed by atoms with Crippen LogP contribution in [0.15, 0.2) is 23.1 Å². The van der Waals surface area contributed by atoms with Crippen LogP contribution in [0.1, 0.15) is 45.1 Å². The fourth-order valence-corrected chi connectivity index (χ4v) is 4.03. The van der Waals surface area contributed by atoms with E-state index in [2.05, 4.69) is 20.8 Å². The summed E-state index contributed by atoms with van der Waals surface area (Å²) in [7, 11) is -3.56. The molecule has 1 aromatic rings. The second-order valence-electron chi connectivity index (χ2n) is 6.08. The van der Waals surface area contributed by atoms with Crippen LogP contribution in [0.5, 0.6) is 5.75 Å². The Bertz CT molecular complexity index is 607. The number of ether oxygens (including phenoxy) is 2. The van der Waals surface area contributed by atoms with Gasteiger partial charge in [-0.1, -0.05) is 33.3 Å². The van der Waals surface area contributed by atoms with Crippen molar-refractivity contribution < 1.29 is 17.9 Å². The van der Waals surface area contributed by atoms with Crippen molar-refractivity contribution in [1.29, 1.82) is 0 Å². The largest absolute Gasteiger partial charge is 0.492 e. The monoisotopic (exact) mass is 341 g/mol. The SMILES string of the molecule is CCCCOc1ccc(C(C)C)cc1S(=O)(=O)N1CCOCC1. The summed E-state index contributed by atoms with van der Waals surface area (Å²) in [5.41, 5.74) is 1.000. The van der Waals surface area contributed by atoms with Gasteiger partial charge in [-0.3, -0.25) is 0 Å². The Kier molecular flexibility index (Phi) is 6.44. The highest BCUT2D eigenvalue weighted by atomic mass is 32.2. The molecule has 130 valence electrons. The van der Waals surface area contributed by atoms with Crippen LogP contribution >= 0.6 is 0 Å². The second kappa shape index (κ2) is 8.13. The molecule has 6 heteroatoms. The van der Waals surface area contributed by atoms with Crippen molar-refractivity contribution in [2.45, 2.75) is 44.4 Å². The van der Waals surface area contributed by atoms with Crippen molar-refractivity contribution >= 4 is 10.0 Å². The minimum Gasteiger partial charge on any atom is -0.492 e. The molecule has 0 radical (unpaired) electrons. The summed E-state index contributed by atoms with van der Waals surface area (Å²) in [4.78, 5) is 0.279. The Morgan fingerprint density at radius 2 is 1.96 bits per heavy atom. The highest BCUT2D eigenvalue weighted by Gasteiger charge is 2.29. The van der Waals surface area contributed by atoms with Gasteiger partial charge in [0.2, 0.25) is 10.0 Å². The molecule has 1 aliphatic heterocycles. The zero-order chi connectivity index (χ0) is 16.9. The summed E-state index contributed by atoms with van der Waals surface area (Å²) in [5, 5.41) is 0. The van der Waals surface area contributed by atoms with Crippen molar-refractivity contribution in [1.82, 2.24) is 4.31 Å². The first-order chi connectivity index (χ1) is 11.0. The molecule has 0 amide bonds. The van der Waals surface area contributed by atoms with Crippen LogP contribution in [0.25, 0.3) is 0 Å². The van der Waals surface area contributed by atoms with Crippen molar-refractivity contribution in [3.63, 3.8) is 0 Å². The van der Waals surface area contributed by atoms with Gasteiger partial charge in [-0.25, -0.2) is 8.42 Å². The van der Waals surface area contributed by atoms with Gasteiger partial charge < -0.3 is 9.47 Å². The highest BCUT2D eigenvalue weighted by molar-refractivity contribution is 7.89. The molecular weight excluding hydrogens is 314 g/mol. The predicted octanol–water partition coefficient (Wildman–Crippen LogP) is 3.01. The molecular formula is C17H27NO4S. The molecule has 0 atom stereocenters. The van der Waals surface area contributed by atoms with Crippen LogP contribution < -0.4 is 4.74 Å². The first-order valence-electron chi connectivity index (χ1n) is 8.31. The minimum absolute atomic E-state index is 0.262. The maximum atomic E-state index is 13.0. The third kappa shape index (κ3) is 4.46. The van der Waals surface area contributed by atoms with E-state index < -0.39 is 10.0 Å². The minimum atomic E-state index is -3.56. The van der Waals surface area contributed by atoms with Crippen LogP contribution in [0, 0.1) is 0 Å². The van der Waals surface area contributed by atoms with E-state index >= 15 is 0 Å². The normalized spacial score (nSPS) is 16.7. The molecule has 0 N–H and O–H groups in total. The van der Waals surface area contributed by atoms with Gasteiger partial charge >= 0.3 is 0 Å². The van der Waals surface area contributed by atoms with Gasteiger partial charge in [0.15, 0.2) is 0 Å². The number of morpholine rings is 1. The number of nitrogens with zero attached hydrogens (tertiary/aromatic N) is 1. The highest BCUT2D eigenvalue weighted by Crippen LogP contribution is 2.31. The van der Waals surface area contributed by atoms with Gasteiger partial charge in [-0.2, -0.15) is 4.31 Å². The third-order valence-electron chi connectivity index (χ3n) is 3.98. The summed E-state index contributed by atoms with van der Waals surface area (Å²) in [6.07, 6.45) is 1.92. The number of rotatable bonds is 7. The number of hydrogen-bond acceptors (Lipinski definition) is 4. The van der Waals surface area contributed by atoms with Crippen LogP contribution in [-0.2, 0) is 14.8 Å². The molecule has 1 aromatic carbocycles. The summed E-state index contributed by atoms with van der Waals surface area (Å²) in [5.74, 6) is 0.715. The molecule has 0 bridgehead atoms. The summed E-state index contributed by atoms with van der Waals surface area (Å²) in [6, 6.07) is 5.50. The van der Waals surface area contributed by atoms with Gasteiger partial charge in [0.25, 0.3) is 0 Å². The Morgan fingerprint density at radius 1 is 1.26 bits per heavy atom. The predicted molar refractivity (Wildman–Crippen MR) is 90.5 cm³/mol. The molecule has 23 heavy (non-hydrogen) atoms. The fraction of sp³-hybridized carbons (Fsp3) is 0.647. The Balaban J connectivity index is 2.36. The van der Waals surface area contributed by atoms with Crippen molar-refractivity contribution in [2.24, 2.45) is 0 Å². The molecule has 1 aliphatic rings. The van der Waals surface area contributed by atoms with Gasteiger partial charge in [0, 0.05) is 13.1 Å². The van der Waals surface area contributed by atoms with E-state index in [4.69, 9.17) is 9.47 Å². The second-order valence-corrected chi connectivity index (χ2v) is 7.99. The maximum Gasteiger partial charge on any atom is 0.246 e. The number of hydrogen-bond donors (Lipinski definition) is 0. The van der Waals surface area contributed by atoms with E-state index in [1.807, 2.05) is 6.07 Å². The van der Waals surface area contributed by atoms with Crippen LogP contribution in [0.3, 0.4) is 0 Å². The Labute approximate surface area is 139 Å². The van der Waals surface area contributed by atoms with Crippen LogP contribution in [-0.4, -0.2) is 45.6 Å². The average molecular weight is 341 g/mol. The van der Waals surface area contributed by atoms with Crippen LogP contribution in [0.2, 0.25) is 0 Å². The Hall–Kier alpha value is -1.11. The molecule has 5 nitrogen and oxygen atoms in total. The van der Waals surface area contributed by atoms with E-state index in [0.717, 1.165) is 18.4 Å². The van der Waals surface area contributed by atoms with E-state index in [9.17, 15) is 8.42 Å². The lowest BCUT2D eigenvalue weighted by Crippen LogP contribution is -2.40. The molecule has 0 aromatic heterocycles. The third-order valence-corrected chi connectivity index (χ3v) is 5.90. The molecule has 0 unspecified atom stereocenters. The standard InChI is InChI=1S/C17H27NO4S/c1-4-5-10-22-16-7-6-15(14(2)3)13-17(16)23(19,20)18-8-11-21-12-9-18/h6-7,13-14H,4-5,8-12H2,1-3H3. The number of sulfonamides is 1. The molecule has 0 saturated carbocycles. The summed E-state index contributed by atoms with van der Waals surface area (Å²) in [6.45, 7) is 8.38. The molecule has 0 spiro atoms. The molecule has 1 fully saturated rings. The zero-order valence-corrected chi connectivity index (χ0v) is 15.1. The van der Waals surface area contributed by atoms with E-state index in [1.165, 1.54) is 4.31 Å². The maximum absolute atomic E-state index is 13.0. The van der Waals surface area contributed by atoms with Gasteiger partial charge in [-0.15, -0.1) is 0 Å². The van der Waals surface area contributed by atoms with Gasteiger partial charge in [-0.05, 0) is 30.0 Å². The average Bonchev–Trinajstić information content (AvgIpc) is 2.56. The van der Waals surface area contributed by atoms with E-state index in [-0.39, 0.29) is 10.8 Å². The zero-order valence-electron chi connectivity index (χ0n) is 14.2. The topological polar surface area (TPSA) is 55.8 Å². The quantitative estimate of drug-likeness (QED) is 0.716. The lowest BCUT2D eigenvalue weighted by molar-refractivity contribution is 0.0729. The first-order valence-corrected chi connectivity index (χ1v) is 9.75. The molecule has 1 heterocycles. The summed E-state index contributed by atoms with van der Waals surface area (Å²) < 4.78 is 38.5. The fourth-order valence-electron chi connectivity index (χ4n) is 2.46. The van der Waals surface area contributed by atoms with Crippen molar-refractivity contribution in [2.75, 3.05) is 32.9 Å². The van der Waals surface area contributed by atoms with Gasteiger partial charge in [0.1, 0.15) is 10.6 Å². The lowest BCUT2D eigenvalue weighted by Gasteiger charge is -2.27. The molecule has 1 saturated heterocycles. The van der Waals surface area contributed by atoms with E-state index in [0.29, 0.717) is 38.7 Å². The first kappa shape index (κ1) is 18.2.